The molecule has 152 valence electrons. The highest BCUT2D eigenvalue weighted by atomic mass is 35.5. The molecule has 2 heterocycles. The lowest BCUT2D eigenvalue weighted by atomic mass is 10.2. The molecule has 1 fully saturated rings. The van der Waals surface area contributed by atoms with Gasteiger partial charge in [-0.15, -0.1) is 0 Å². The summed E-state index contributed by atoms with van der Waals surface area (Å²) in [7, 11) is -3.90. The molecular formula is C18H21ClN2O6S. The van der Waals surface area contributed by atoms with Gasteiger partial charge in [-0.3, -0.25) is 0 Å². The van der Waals surface area contributed by atoms with Crippen molar-refractivity contribution >= 4 is 27.6 Å². The molecule has 0 bridgehead atoms. The van der Waals surface area contributed by atoms with Crippen molar-refractivity contribution in [1.82, 2.24) is 9.88 Å². The van der Waals surface area contributed by atoms with Crippen LogP contribution in [-0.4, -0.2) is 38.8 Å². The fraction of sp³-hybridized carbons (Fsp3) is 0.444. The molecular weight excluding hydrogens is 408 g/mol. The number of nitrogens with zero attached hydrogens (tertiary/aromatic N) is 1. The predicted molar refractivity (Wildman–Crippen MR) is 101 cm³/mol. The van der Waals surface area contributed by atoms with Gasteiger partial charge in [0.05, 0.1) is 27.9 Å². The standard InChI is InChI=1S/C18H21ClN2O6S/c1-11-15(12(2)27-21-11)10-26-18(22)13-5-6-16(19)17(8-13)28(23,24)20-9-14-4-3-7-25-14/h5-6,8,14,20H,3-4,7,9-10H2,1-2H3. The summed E-state index contributed by atoms with van der Waals surface area (Å²) in [5, 5.41) is 3.81. The second-order valence-corrected chi connectivity index (χ2v) is 8.65. The number of esters is 1. The molecule has 0 saturated carbocycles. The lowest BCUT2D eigenvalue weighted by Gasteiger charge is -2.13. The molecule has 1 saturated heterocycles. The van der Waals surface area contributed by atoms with E-state index in [2.05, 4.69) is 9.88 Å². The van der Waals surface area contributed by atoms with Crippen LogP contribution in [-0.2, 0) is 26.1 Å². The van der Waals surface area contributed by atoms with Crippen LogP contribution in [0.25, 0.3) is 0 Å². The molecule has 28 heavy (non-hydrogen) atoms. The molecule has 3 rings (SSSR count). The third kappa shape index (κ3) is 4.72. The number of aryl methyl sites for hydroxylation is 2. The van der Waals surface area contributed by atoms with Gasteiger partial charge in [0.25, 0.3) is 0 Å². The van der Waals surface area contributed by atoms with E-state index >= 15 is 0 Å². The van der Waals surface area contributed by atoms with Gasteiger partial charge in [0, 0.05) is 13.2 Å². The number of ether oxygens (including phenoxy) is 2. The van der Waals surface area contributed by atoms with E-state index in [9.17, 15) is 13.2 Å². The highest BCUT2D eigenvalue weighted by Gasteiger charge is 2.24. The number of hydrogen-bond acceptors (Lipinski definition) is 7. The van der Waals surface area contributed by atoms with Crippen molar-refractivity contribution in [2.24, 2.45) is 0 Å². The largest absolute Gasteiger partial charge is 0.457 e. The van der Waals surface area contributed by atoms with Gasteiger partial charge in [-0.2, -0.15) is 0 Å². The molecule has 1 aromatic carbocycles. The summed E-state index contributed by atoms with van der Waals surface area (Å²) < 4.78 is 43.4. The van der Waals surface area contributed by atoms with Crippen LogP contribution in [0.1, 0.15) is 40.2 Å². The van der Waals surface area contributed by atoms with Gasteiger partial charge in [-0.25, -0.2) is 17.9 Å². The minimum atomic E-state index is -3.90. The summed E-state index contributed by atoms with van der Waals surface area (Å²) in [6, 6.07) is 3.97. The number of halogens is 1. The molecule has 1 N–H and O–H groups in total. The van der Waals surface area contributed by atoms with E-state index in [0.29, 0.717) is 23.6 Å². The normalized spacial score (nSPS) is 17.0. The summed E-state index contributed by atoms with van der Waals surface area (Å²) in [5.41, 5.74) is 1.38. The Morgan fingerprint density at radius 3 is 2.82 bits per heavy atom. The highest BCUT2D eigenvalue weighted by Crippen LogP contribution is 2.24. The number of hydrogen-bond donors (Lipinski definition) is 1. The van der Waals surface area contributed by atoms with Gasteiger partial charge < -0.3 is 14.0 Å². The van der Waals surface area contributed by atoms with Crippen molar-refractivity contribution in [3.63, 3.8) is 0 Å². The van der Waals surface area contributed by atoms with Crippen LogP contribution in [0.5, 0.6) is 0 Å². The Labute approximate surface area is 168 Å². The van der Waals surface area contributed by atoms with E-state index in [1.54, 1.807) is 13.8 Å². The third-order valence-electron chi connectivity index (χ3n) is 4.51. The Bertz CT molecular complexity index is 947. The molecule has 0 spiro atoms. The van der Waals surface area contributed by atoms with Crippen LogP contribution in [0.4, 0.5) is 0 Å². The zero-order chi connectivity index (χ0) is 20.3. The Morgan fingerprint density at radius 1 is 1.39 bits per heavy atom. The predicted octanol–water partition coefficient (Wildman–Crippen LogP) is 2.76. The summed E-state index contributed by atoms with van der Waals surface area (Å²) in [5.74, 6) is -0.116. The highest BCUT2D eigenvalue weighted by molar-refractivity contribution is 7.89. The monoisotopic (exact) mass is 428 g/mol. The van der Waals surface area contributed by atoms with Gasteiger partial charge in [-0.05, 0) is 44.9 Å². The first-order chi connectivity index (χ1) is 13.3. The van der Waals surface area contributed by atoms with Crippen LogP contribution in [0, 0.1) is 13.8 Å². The fourth-order valence-electron chi connectivity index (χ4n) is 2.85. The van der Waals surface area contributed by atoms with Crippen molar-refractivity contribution in [3.8, 4) is 0 Å². The first-order valence-electron chi connectivity index (χ1n) is 8.77. The lowest BCUT2D eigenvalue weighted by molar-refractivity contribution is 0.0470. The molecule has 2 aromatic rings. The zero-order valence-electron chi connectivity index (χ0n) is 15.5. The van der Waals surface area contributed by atoms with Crippen LogP contribution in [0.2, 0.25) is 5.02 Å². The smallest absolute Gasteiger partial charge is 0.338 e. The molecule has 0 amide bonds. The molecule has 1 aliphatic rings. The number of aromatic nitrogens is 1. The second-order valence-electron chi connectivity index (χ2n) is 6.51. The van der Waals surface area contributed by atoms with Gasteiger partial charge in [-0.1, -0.05) is 16.8 Å². The molecule has 0 radical (unpaired) electrons. The Hall–Kier alpha value is -1.94. The summed E-state index contributed by atoms with van der Waals surface area (Å²) in [6.07, 6.45) is 1.54. The lowest BCUT2D eigenvalue weighted by Crippen LogP contribution is -2.32. The van der Waals surface area contributed by atoms with Crippen molar-refractivity contribution in [1.29, 1.82) is 0 Å². The van der Waals surface area contributed by atoms with Gasteiger partial charge in [0.15, 0.2) is 0 Å². The average Bonchev–Trinajstić information content (AvgIpc) is 3.29. The summed E-state index contributed by atoms with van der Waals surface area (Å²) in [6.45, 7) is 4.21. The van der Waals surface area contributed by atoms with Crippen LogP contribution < -0.4 is 4.72 Å². The average molecular weight is 429 g/mol. The van der Waals surface area contributed by atoms with Crippen molar-refractivity contribution in [2.45, 2.75) is 44.3 Å². The van der Waals surface area contributed by atoms with Gasteiger partial charge >= 0.3 is 5.97 Å². The molecule has 1 aliphatic heterocycles. The second kappa shape index (κ2) is 8.60. The quantitative estimate of drug-likeness (QED) is 0.675. The Kier molecular flexibility index (Phi) is 6.39. The van der Waals surface area contributed by atoms with Crippen LogP contribution in [0.15, 0.2) is 27.6 Å². The minimum absolute atomic E-state index is 0.0158. The fourth-order valence-corrected chi connectivity index (χ4v) is 4.44. The summed E-state index contributed by atoms with van der Waals surface area (Å²) in [4.78, 5) is 12.2. The number of rotatable bonds is 7. The van der Waals surface area contributed by atoms with Crippen LogP contribution in [0.3, 0.4) is 0 Å². The Morgan fingerprint density at radius 2 is 2.18 bits per heavy atom. The van der Waals surface area contributed by atoms with E-state index in [1.165, 1.54) is 18.2 Å². The minimum Gasteiger partial charge on any atom is -0.457 e. The van der Waals surface area contributed by atoms with E-state index in [0.717, 1.165) is 12.8 Å². The zero-order valence-corrected chi connectivity index (χ0v) is 17.1. The number of benzene rings is 1. The molecule has 1 unspecified atom stereocenters. The third-order valence-corrected chi connectivity index (χ3v) is 6.42. The maximum Gasteiger partial charge on any atom is 0.338 e. The maximum absolute atomic E-state index is 12.6. The van der Waals surface area contributed by atoms with Gasteiger partial charge in [0.2, 0.25) is 10.0 Å². The molecule has 0 aliphatic carbocycles. The van der Waals surface area contributed by atoms with Crippen LogP contribution >= 0.6 is 11.6 Å². The van der Waals surface area contributed by atoms with E-state index in [1.807, 2.05) is 0 Å². The number of carbonyl (C=O) groups excluding carboxylic acids is 1. The number of carbonyl (C=O) groups is 1. The number of nitrogens with one attached hydrogen (secondary N) is 1. The van der Waals surface area contributed by atoms with Crippen molar-refractivity contribution in [2.75, 3.05) is 13.2 Å². The molecule has 8 nitrogen and oxygen atoms in total. The first-order valence-corrected chi connectivity index (χ1v) is 10.6. The number of sulfonamides is 1. The molecule has 1 aromatic heterocycles. The van der Waals surface area contributed by atoms with Crippen molar-refractivity contribution in [3.05, 3.63) is 45.8 Å². The SMILES string of the molecule is Cc1noc(C)c1COC(=O)c1ccc(Cl)c(S(=O)(=O)NCC2CCCO2)c1. The molecule has 10 heteroatoms. The van der Waals surface area contributed by atoms with E-state index in [-0.39, 0.29) is 34.7 Å². The summed E-state index contributed by atoms with van der Waals surface area (Å²) >= 11 is 6.06. The van der Waals surface area contributed by atoms with Gasteiger partial charge in [0.1, 0.15) is 17.3 Å². The topological polar surface area (TPSA) is 108 Å². The maximum atomic E-state index is 12.6. The Balaban J connectivity index is 1.71. The molecule has 1 atom stereocenters. The van der Waals surface area contributed by atoms with Crippen molar-refractivity contribution < 1.29 is 27.2 Å². The first kappa shape index (κ1) is 20.8. The van der Waals surface area contributed by atoms with E-state index in [4.69, 9.17) is 25.6 Å². The van der Waals surface area contributed by atoms with E-state index < -0.39 is 16.0 Å².